The second-order valence-corrected chi connectivity index (χ2v) is 7.86. The zero-order valence-electron chi connectivity index (χ0n) is 13.2. The molecule has 1 aliphatic carbocycles. The molecule has 2 N–H and O–H groups in total. The van der Waals surface area contributed by atoms with E-state index in [-0.39, 0.29) is 0 Å². The first kappa shape index (κ1) is 18.1. The third-order valence-electron chi connectivity index (χ3n) is 3.30. The molecule has 1 unspecified atom stereocenters. The Balaban J connectivity index is 2.32. The maximum absolute atomic E-state index is 11.6. The van der Waals surface area contributed by atoms with Crippen LogP contribution in [0.4, 0.5) is 4.79 Å². The monoisotopic (exact) mass is 317 g/mol. The predicted molar refractivity (Wildman–Crippen MR) is 84.7 cm³/mol. The molecule has 0 saturated heterocycles. The standard InChI is InChI=1S/C15H27NO4S/c1-15(2,3)20-14(19)16-12(13(17)18)9-10-21-11-7-5-4-6-8-11/h11-12H,4-10H2,1-3H3,(H,16,19)(H,17,18). The summed E-state index contributed by atoms with van der Waals surface area (Å²) in [4.78, 5) is 22.8. The molecule has 1 fully saturated rings. The number of carboxylic acids is 1. The minimum atomic E-state index is -1.01. The van der Waals surface area contributed by atoms with Crippen molar-refractivity contribution in [3.05, 3.63) is 0 Å². The summed E-state index contributed by atoms with van der Waals surface area (Å²) in [5.74, 6) is -0.262. The Labute approximate surface area is 131 Å². The minimum absolute atomic E-state index is 0.426. The molecule has 6 heteroatoms. The molecule has 1 rings (SSSR count). The fourth-order valence-electron chi connectivity index (χ4n) is 2.29. The Morgan fingerprint density at radius 3 is 2.43 bits per heavy atom. The molecule has 0 aromatic rings. The fraction of sp³-hybridized carbons (Fsp3) is 0.867. The van der Waals surface area contributed by atoms with Gasteiger partial charge in [0.05, 0.1) is 0 Å². The fourth-order valence-corrected chi connectivity index (χ4v) is 3.66. The smallest absolute Gasteiger partial charge is 0.408 e. The summed E-state index contributed by atoms with van der Waals surface area (Å²) < 4.78 is 5.09. The number of hydrogen-bond acceptors (Lipinski definition) is 4. The van der Waals surface area contributed by atoms with Crippen LogP contribution in [0.2, 0.25) is 0 Å². The summed E-state index contributed by atoms with van der Waals surface area (Å²) in [6, 6.07) is -0.879. The Hall–Kier alpha value is -0.910. The number of amides is 1. The van der Waals surface area contributed by atoms with Crippen LogP contribution in [0, 0.1) is 0 Å². The lowest BCUT2D eigenvalue weighted by atomic mass is 10.0. The number of carboxylic acid groups (broad SMARTS) is 1. The van der Waals surface area contributed by atoms with Crippen molar-refractivity contribution in [2.24, 2.45) is 0 Å². The van der Waals surface area contributed by atoms with E-state index in [9.17, 15) is 14.7 Å². The van der Waals surface area contributed by atoms with Gasteiger partial charge in [0.2, 0.25) is 0 Å². The molecule has 0 bridgehead atoms. The minimum Gasteiger partial charge on any atom is -0.480 e. The van der Waals surface area contributed by atoms with Crippen LogP contribution in [-0.4, -0.2) is 39.8 Å². The molecule has 0 aliphatic heterocycles. The van der Waals surface area contributed by atoms with E-state index in [1.165, 1.54) is 32.1 Å². The first-order chi connectivity index (χ1) is 9.78. The number of carbonyl (C=O) groups excluding carboxylic acids is 1. The number of nitrogens with one attached hydrogen (secondary N) is 1. The summed E-state index contributed by atoms with van der Waals surface area (Å²) in [5, 5.41) is 12.3. The highest BCUT2D eigenvalue weighted by Gasteiger charge is 2.24. The Bertz CT molecular complexity index is 348. The summed E-state index contributed by atoms with van der Waals surface area (Å²) in [6.45, 7) is 5.25. The summed E-state index contributed by atoms with van der Waals surface area (Å²) in [6.07, 6.45) is 6.07. The van der Waals surface area contributed by atoms with Gasteiger partial charge in [-0.15, -0.1) is 0 Å². The van der Waals surface area contributed by atoms with Crippen LogP contribution < -0.4 is 5.32 Å². The average Bonchev–Trinajstić information content (AvgIpc) is 2.36. The average molecular weight is 317 g/mol. The summed E-state index contributed by atoms with van der Waals surface area (Å²) >= 11 is 1.83. The molecule has 122 valence electrons. The SMILES string of the molecule is CC(C)(C)OC(=O)NC(CCSC1CCCCC1)C(=O)O. The summed E-state index contributed by atoms with van der Waals surface area (Å²) in [7, 11) is 0. The van der Waals surface area contributed by atoms with E-state index in [1.54, 1.807) is 20.8 Å². The van der Waals surface area contributed by atoms with Crippen LogP contribution >= 0.6 is 11.8 Å². The quantitative estimate of drug-likeness (QED) is 0.785. The number of ether oxygens (including phenoxy) is 1. The van der Waals surface area contributed by atoms with Crippen molar-refractivity contribution in [3.8, 4) is 0 Å². The van der Waals surface area contributed by atoms with Crippen LogP contribution in [0.3, 0.4) is 0 Å². The molecule has 1 saturated carbocycles. The number of rotatable bonds is 6. The first-order valence-electron chi connectivity index (χ1n) is 7.62. The molecule has 1 atom stereocenters. The molecule has 0 radical (unpaired) electrons. The molecular weight excluding hydrogens is 290 g/mol. The molecule has 21 heavy (non-hydrogen) atoms. The Morgan fingerprint density at radius 2 is 1.90 bits per heavy atom. The zero-order chi connectivity index (χ0) is 15.9. The number of thioether (sulfide) groups is 1. The Kier molecular flexibility index (Phi) is 7.35. The van der Waals surface area contributed by atoms with Crippen LogP contribution in [0.1, 0.15) is 59.3 Å². The van der Waals surface area contributed by atoms with E-state index < -0.39 is 23.7 Å². The van der Waals surface area contributed by atoms with Crippen molar-refractivity contribution in [3.63, 3.8) is 0 Å². The molecule has 0 aromatic heterocycles. The van der Waals surface area contributed by atoms with Gasteiger partial charge in [-0.2, -0.15) is 11.8 Å². The highest BCUT2D eigenvalue weighted by Crippen LogP contribution is 2.28. The zero-order valence-corrected chi connectivity index (χ0v) is 14.0. The molecule has 0 aromatic carbocycles. The highest BCUT2D eigenvalue weighted by atomic mass is 32.2. The first-order valence-corrected chi connectivity index (χ1v) is 8.67. The topological polar surface area (TPSA) is 75.6 Å². The van der Waals surface area contributed by atoms with Gasteiger partial charge in [0.25, 0.3) is 0 Å². The van der Waals surface area contributed by atoms with Crippen LogP contribution in [-0.2, 0) is 9.53 Å². The molecular formula is C15H27NO4S. The highest BCUT2D eigenvalue weighted by molar-refractivity contribution is 7.99. The van der Waals surface area contributed by atoms with E-state index in [2.05, 4.69) is 5.32 Å². The predicted octanol–water partition coefficient (Wildman–Crippen LogP) is 3.42. The van der Waals surface area contributed by atoms with Crippen LogP contribution in [0.25, 0.3) is 0 Å². The number of carbonyl (C=O) groups is 2. The lowest BCUT2D eigenvalue weighted by molar-refractivity contribution is -0.139. The van der Waals surface area contributed by atoms with Gasteiger partial charge in [0, 0.05) is 5.25 Å². The largest absolute Gasteiger partial charge is 0.480 e. The van der Waals surface area contributed by atoms with E-state index in [4.69, 9.17) is 4.74 Å². The molecule has 1 aliphatic rings. The number of alkyl carbamates (subject to hydrolysis) is 1. The van der Waals surface area contributed by atoms with Crippen molar-refractivity contribution >= 4 is 23.8 Å². The molecule has 1 amide bonds. The van der Waals surface area contributed by atoms with Crippen molar-refractivity contribution in [1.82, 2.24) is 5.32 Å². The van der Waals surface area contributed by atoms with Crippen molar-refractivity contribution in [2.45, 2.75) is 76.2 Å². The number of hydrogen-bond donors (Lipinski definition) is 2. The third-order valence-corrected chi connectivity index (χ3v) is 4.72. The molecule has 5 nitrogen and oxygen atoms in total. The van der Waals surface area contributed by atoms with Gasteiger partial charge in [-0.05, 0) is 45.8 Å². The molecule has 0 heterocycles. The van der Waals surface area contributed by atoms with Gasteiger partial charge in [-0.1, -0.05) is 19.3 Å². The lowest BCUT2D eigenvalue weighted by Crippen LogP contribution is -2.43. The Morgan fingerprint density at radius 1 is 1.29 bits per heavy atom. The van der Waals surface area contributed by atoms with Crippen molar-refractivity contribution in [1.29, 1.82) is 0 Å². The number of aliphatic carboxylic acids is 1. The van der Waals surface area contributed by atoms with E-state index in [1.807, 2.05) is 11.8 Å². The van der Waals surface area contributed by atoms with Gasteiger partial charge < -0.3 is 15.2 Å². The maximum Gasteiger partial charge on any atom is 0.408 e. The van der Waals surface area contributed by atoms with Gasteiger partial charge in [-0.25, -0.2) is 9.59 Å². The normalized spacial score (nSPS) is 18.0. The van der Waals surface area contributed by atoms with Crippen LogP contribution in [0.15, 0.2) is 0 Å². The maximum atomic E-state index is 11.6. The summed E-state index contributed by atoms with van der Waals surface area (Å²) in [5.41, 5.74) is -0.621. The van der Waals surface area contributed by atoms with Crippen molar-refractivity contribution < 1.29 is 19.4 Å². The second-order valence-electron chi connectivity index (χ2n) is 6.46. The van der Waals surface area contributed by atoms with Gasteiger partial charge in [0.15, 0.2) is 0 Å². The van der Waals surface area contributed by atoms with Gasteiger partial charge in [0.1, 0.15) is 11.6 Å². The lowest BCUT2D eigenvalue weighted by Gasteiger charge is -2.23. The third kappa shape index (κ3) is 8.19. The van der Waals surface area contributed by atoms with Gasteiger partial charge in [-0.3, -0.25) is 0 Å². The van der Waals surface area contributed by atoms with Crippen molar-refractivity contribution in [2.75, 3.05) is 5.75 Å². The van der Waals surface area contributed by atoms with E-state index in [0.29, 0.717) is 11.7 Å². The molecule has 0 spiro atoms. The van der Waals surface area contributed by atoms with E-state index in [0.717, 1.165) is 5.75 Å². The second kappa shape index (κ2) is 8.51. The van der Waals surface area contributed by atoms with Crippen LogP contribution in [0.5, 0.6) is 0 Å². The van der Waals surface area contributed by atoms with Gasteiger partial charge >= 0.3 is 12.1 Å². The van der Waals surface area contributed by atoms with E-state index >= 15 is 0 Å².